The average molecular weight is 479 g/mol. The van der Waals surface area contributed by atoms with E-state index in [9.17, 15) is 19.5 Å². The molecule has 2 aliphatic carbocycles. The summed E-state index contributed by atoms with van der Waals surface area (Å²) < 4.78 is 5.59. The van der Waals surface area contributed by atoms with Gasteiger partial charge in [-0.15, -0.1) is 0 Å². The summed E-state index contributed by atoms with van der Waals surface area (Å²) >= 11 is 0. The van der Waals surface area contributed by atoms with Gasteiger partial charge in [-0.05, 0) is 42.0 Å². The molecule has 0 heterocycles. The first-order chi connectivity index (χ1) is 16.7. The molecule has 8 nitrogen and oxygen atoms in total. The van der Waals surface area contributed by atoms with E-state index >= 15 is 0 Å². The Morgan fingerprint density at radius 1 is 1.06 bits per heavy atom. The maximum atomic E-state index is 12.6. The highest BCUT2D eigenvalue weighted by Crippen LogP contribution is 2.44. The van der Waals surface area contributed by atoms with E-state index in [-0.39, 0.29) is 31.0 Å². The minimum Gasteiger partial charge on any atom is -0.481 e. The molecule has 0 saturated carbocycles. The Labute approximate surface area is 204 Å². The van der Waals surface area contributed by atoms with Crippen molar-refractivity contribution in [2.24, 2.45) is 5.92 Å². The number of carbonyl (C=O) groups excluding carboxylic acids is 2. The fourth-order valence-corrected chi connectivity index (χ4v) is 4.81. The molecule has 0 fully saturated rings. The van der Waals surface area contributed by atoms with Gasteiger partial charge < -0.3 is 25.6 Å². The summed E-state index contributed by atoms with van der Waals surface area (Å²) in [5.74, 6) is -1.87. The summed E-state index contributed by atoms with van der Waals surface area (Å²) in [6, 6.07) is 15.9. The number of aliphatic hydroxyl groups is 1. The van der Waals surface area contributed by atoms with Crippen LogP contribution in [0.5, 0.6) is 0 Å². The first kappa shape index (κ1) is 24.5. The van der Waals surface area contributed by atoms with E-state index in [0.29, 0.717) is 12.8 Å². The lowest BCUT2D eigenvalue weighted by Gasteiger charge is -2.27. The molecule has 8 heteroatoms. The second-order valence-corrected chi connectivity index (χ2v) is 9.46. The van der Waals surface area contributed by atoms with Crippen LogP contribution in [-0.4, -0.2) is 53.0 Å². The van der Waals surface area contributed by atoms with Crippen molar-refractivity contribution in [1.29, 1.82) is 0 Å². The average Bonchev–Trinajstić information content (AvgIpc) is 3.14. The van der Waals surface area contributed by atoms with Crippen LogP contribution in [-0.2, 0) is 14.3 Å². The van der Waals surface area contributed by atoms with E-state index in [1.165, 1.54) is 6.92 Å². The van der Waals surface area contributed by atoms with Crippen molar-refractivity contribution in [3.05, 3.63) is 71.8 Å². The van der Waals surface area contributed by atoms with Gasteiger partial charge in [-0.2, -0.15) is 0 Å². The minimum absolute atomic E-state index is 0.0350. The summed E-state index contributed by atoms with van der Waals surface area (Å²) in [5, 5.41) is 24.4. The van der Waals surface area contributed by atoms with E-state index in [1.807, 2.05) is 36.4 Å². The second kappa shape index (κ2) is 10.3. The van der Waals surface area contributed by atoms with Crippen LogP contribution in [0.2, 0.25) is 0 Å². The number of nitrogens with one attached hydrogen (secondary N) is 2. The monoisotopic (exact) mass is 478 g/mol. The molecule has 0 spiro atoms. The molecule has 2 aromatic carbocycles. The number of carboxylic acids is 1. The van der Waals surface area contributed by atoms with Crippen LogP contribution < -0.4 is 10.6 Å². The molecule has 2 amide bonds. The third kappa shape index (κ3) is 5.89. The zero-order valence-electron chi connectivity index (χ0n) is 19.6. The molecule has 0 saturated heterocycles. The maximum Gasteiger partial charge on any atom is 0.407 e. The number of carbonyl (C=O) groups is 3. The van der Waals surface area contributed by atoms with E-state index in [0.717, 1.165) is 22.3 Å². The van der Waals surface area contributed by atoms with Crippen LogP contribution in [0.4, 0.5) is 4.79 Å². The third-order valence-corrected chi connectivity index (χ3v) is 6.52. The minimum atomic E-state index is -1.54. The lowest BCUT2D eigenvalue weighted by atomic mass is 9.90. The van der Waals surface area contributed by atoms with Crippen LogP contribution >= 0.6 is 0 Å². The summed E-state index contributed by atoms with van der Waals surface area (Å²) in [6.07, 6.45) is 3.53. The number of benzene rings is 2. The van der Waals surface area contributed by atoms with E-state index in [1.54, 1.807) is 0 Å². The van der Waals surface area contributed by atoms with Crippen molar-refractivity contribution < 1.29 is 29.3 Å². The smallest absolute Gasteiger partial charge is 0.407 e. The summed E-state index contributed by atoms with van der Waals surface area (Å²) in [7, 11) is 0. The third-order valence-electron chi connectivity index (χ3n) is 6.52. The van der Waals surface area contributed by atoms with Crippen molar-refractivity contribution in [3.8, 4) is 11.1 Å². The lowest BCUT2D eigenvalue weighted by molar-refractivity contribution is -0.142. The van der Waals surface area contributed by atoms with E-state index in [4.69, 9.17) is 9.84 Å². The normalized spacial score (nSPS) is 20.3. The summed E-state index contributed by atoms with van der Waals surface area (Å²) in [5.41, 5.74) is 3.04. The Hall–Kier alpha value is -3.65. The first-order valence-corrected chi connectivity index (χ1v) is 11.7. The van der Waals surface area contributed by atoms with Crippen molar-refractivity contribution in [1.82, 2.24) is 10.6 Å². The van der Waals surface area contributed by atoms with Crippen LogP contribution in [0.25, 0.3) is 11.1 Å². The topological polar surface area (TPSA) is 125 Å². The van der Waals surface area contributed by atoms with E-state index in [2.05, 4.69) is 34.9 Å². The predicted octanol–water partition coefficient (Wildman–Crippen LogP) is 3.20. The highest BCUT2D eigenvalue weighted by Gasteiger charge is 2.31. The molecule has 2 aliphatic rings. The highest BCUT2D eigenvalue weighted by atomic mass is 16.5. The van der Waals surface area contributed by atoms with Gasteiger partial charge in [-0.3, -0.25) is 9.59 Å². The van der Waals surface area contributed by atoms with Gasteiger partial charge >= 0.3 is 12.1 Å². The molecule has 4 N–H and O–H groups in total. The highest BCUT2D eigenvalue weighted by molar-refractivity contribution is 5.80. The van der Waals surface area contributed by atoms with E-state index < -0.39 is 30.0 Å². The molecular formula is C27H30N2O6. The van der Waals surface area contributed by atoms with Crippen molar-refractivity contribution in [2.45, 2.75) is 43.7 Å². The molecular weight excluding hydrogens is 448 g/mol. The number of fused-ring (bicyclic) bond motifs is 3. The van der Waals surface area contributed by atoms with Gasteiger partial charge in [0.2, 0.25) is 5.91 Å². The van der Waals surface area contributed by atoms with Crippen LogP contribution in [0.1, 0.15) is 43.2 Å². The molecule has 0 bridgehead atoms. The quantitative estimate of drug-likeness (QED) is 0.432. The largest absolute Gasteiger partial charge is 0.481 e. The van der Waals surface area contributed by atoms with Crippen LogP contribution in [0.3, 0.4) is 0 Å². The summed E-state index contributed by atoms with van der Waals surface area (Å²) in [4.78, 5) is 36.0. The Balaban J connectivity index is 1.29. The molecule has 4 rings (SSSR count). The van der Waals surface area contributed by atoms with Gasteiger partial charge in [0.1, 0.15) is 6.61 Å². The number of allylic oxidation sites excluding steroid dienone is 1. The van der Waals surface area contributed by atoms with Crippen molar-refractivity contribution in [2.75, 3.05) is 13.2 Å². The molecule has 184 valence electrons. The van der Waals surface area contributed by atoms with Gasteiger partial charge in [0.25, 0.3) is 0 Å². The van der Waals surface area contributed by atoms with Gasteiger partial charge in [0.15, 0.2) is 0 Å². The fourth-order valence-electron chi connectivity index (χ4n) is 4.81. The van der Waals surface area contributed by atoms with Crippen LogP contribution in [0.15, 0.2) is 60.7 Å². The Morgan fingerprint density at radius 2 is 1.69 bits per heavy atom. The zero-order valence-corrected chi connectivity index (χ0v) is 19.6. The van der Waals surface area contributed by atoms with Crippen molar-refractivity contribution >= 4 is 18.0 Å². The lowest BCUT2D eigenvalue weighted by Crippen LogP contribution is -2.46. The number of alkyl carbamates (subject to hydrolysis) is 1. The Bertz CT molecular complexity index is 1100. The molecule has 0 radical (unpaired) electrons. The van der Waals surface area contributed by atoms with Crippen molar-refractivity contribution in [3.63, 3.8) is 0 Å². The number of carboxylic acid groups (broad SMARTS) is 1. The number of hydrogen-bond acceptors (Lipinski definition) is 5. The van der Waals surface area contributed by atoms with Gasteiger partial charge in [-0.25, -0.2) is 4.79 Å². The predicted molar refractivity (Wildman–Crippen MR) is 130 cm³/mol. The summed E-state index contributed by atoms with van der Waals surface area (Å²) in [6.45, 7) is 1.41. The zero-order chi connectivity index (χ0) is 25.0. The van der Waals surface area contributed by atoms with Gasteiger partial charge in [0, 0.05) is 18.4 Å². The number of hydrogen-bond donors (Lipinski definition) is 4. The SMILES string of the molecule is CC(O)(CNC(=O)C1CC=CC(NC(=O)OCC2c3ccccc3-c3ccccc32)C1)CC(=O)O. The first-order valence-electron chi connectivity index (χ1n) is 11.7. The Kier molecular flexibility index (Phi) is 7.21. The molecule has 3 unspecified atom stereocenters. The standard InChI is InChI=1S/C27H30N2O6/c1-27(34,14-24(30)31)16-28-25(32)17-7-6-8-18(13-17)29-26(33)35-15-23-21-11-4-2-9-19(21)20-10-3-5-12-22(20)23/h2-6,8-12,17-18,23,34H,7,13-16H2,1H3,(H,28,32)(H,29,33)(H,30,31). The number of amides is 2. The second-order valence-electron chi connectivity index (χ2n) is 9.46. The van der Waals surface area contributed by atoms with Gasteiger partial charge in [-0.1, -0.05) is 60.7 Å². The van der Waals surface area contributed by atoms with Gasteiger partial charge in [0.05, 0.1) is 18.1 Å². The number of ether oxygens (including phenoxy) is 1. The molecule has 2 aromatic rings. The Morgan fingerprint density at radius 3 is 2.31 bits per heavy atom. The fraction of sp³-hybridized carbons (Fsp3) is 0.370. The molecule has 0 aromatic heterocycles. The van der Waals surface area contributed by atoms with Crippen LogP contribution in [0, 0.1) is 5.92 Å². The maximum absolute atomic E-state index is 12.6. The molecule has 35 heavy (non-hydrogen) atoms. The number of rotatable bonds is 8. The molecule has 0 aliphatic heterocycles. The molecule has 3 atom stereocenters. The number of aliphatic carboxylic acids is 1.